The van der Waals surface area contributed by atoms with E-state index in [-0.39, 0.29) is 0 Å². The fraction of sp³-hybridized carbons (Fsp3) is 0. The highest BCUT2D eigenvalue weighted by Crippen LogP contribution is 2.49. The minimum Gasteiger partial charge on any atom is -0.456 e. The standard InChI is InChI=1S/C40H26N2O/c1-3-13-28(14-4-1)41(31-21-23-33-34-18-9-11-27-12-10-20-38(40(27)34)43-39(33)26-31)30-22-24-37-35(25-30)32-17-7-8-19-36(32)42(37)29-15-5-2-6-16-29/h1-26H. The molecule has 202 valence electrons. The van der Waals surface area contributed by atoms with Crippen LogP contribution < -0.4 is 9.64 Å². The van der Waals surface area contributed by atoms with Gasteiger partial charge in [0.25, 0.3) is 0 Å². The second-order valence-electron chi connectivity index (χ2n) is 11.0. The van der Waals surface area contributed by atoms with Gasteiger partial charge in [0.2, 0.25) is 0 Å². The first-order chi connectivity index (χ1) is 21.3. The van der Waals surface area contributed by atoms with Crippen LogP contribution in [0.4, 0.5) is 17.1 Å². The number of benzene rings is 7. The number of aromatic nitrogens is 1. The van der Waals surface area contributed by atoms with E-state index < -0.39 is 0 Å². The van der Waals surface area contributed by atoms with Crippen LogP contribution in [0.25, 0.3) is 49.4 Å². The zero-order chi connectivity index (χ0) is 28.3. The Morgan fingerprint density at radius 3 is 2.00 bits per heavy atom. The number of nitrogens with zero attached hydrogens (tertiary/aromatic N) is 2. The summed E-state index contributed by atoms with van der Waals surface area (Å²) in [6.07, 6.45) is 0. The molecule has 0 spiro atoms. The maximum Gasteiger partial charge on any atom is 0.137 e. The van der Waals surface area contributed by atoms with Gasteiger partial charge in [-0.25, -0.2) is 0 Å². The molecule has 0 unspecified atom stereocenters. The van der Waals surface area contributed by atoms with Crippen LogP contribution in [0.1, 0.15) is 0 Å². The lowest BCUT2D eigenvalue weighted by atomic mass is 9.94. The lowest BCUT2D eigenvalue weighted by Gasteiger charge is -2.28. The van der Waals surface area contributed by atoms with Gasteiger partial charge in [-0.05, 0) is 77.7 Å². The lowest BCUT2D eigenvalue weighted by Crippen LogP contribution is -2.10. The van der Waals surface area contributed by atoms with Crippen LogP contribution in [0.5, 0.6) is 11.5 Å². The molecule has 3 heteroatoms. The molecule has 0 amide bonds. The predicted molar refractivity (Wildman–Crippen MR) is 178 cm³/mol. The van der Waals surface area contributed by atoms with Gasteiger partial charge in [-0.15, -0.1) is 0 Å². The van der Waals surface area contributed by atoms with E-state index in [4.69, 9.17) is 4.74 Å². The molecule has 0 aliphatic carbocycles. The highest BCUT2D eigenvalue weighted by molar-refractivity contribution is 6.11. The van der Waals surface area contributed by atoms with Gasteiger partial charge in [0.05, 0.1) is 11.0 Å². The Morgan fingerprint density at radius 1 is 0.442 bits per heavy atom. The Hall–Kier alpha value is -5.80. The van der Waals surface area contributed by atoms with E-state index in [9.17, 15) is 0 Å². The molecule has 0 atom stereocenters. The molecule has 0 bridgehead atoms. The van der Waals surface area contributed by atoms with Crippen molar-refractivity contribution in [2.45, 2.75) is 0 Å². The van der Waals surface area contributed by atoms with E-state index in [2.05, 4.69) is 167 Å². The molecule has 0 fully saturated rings. The number of anilines is 3. The van der Waals surface area contributed by atoms with Crippen LogP contribution in [-0.2, 0) is 0 Å². The molecule has 2 heterocycles. The van der Waals surface area contributed by atoms with Crippen LogP contribution in [0.3, 0.4) is 0 Å². The minimum atomic E-state index is 0.867. The third-order valence-electron chi connectivity index (χ3n) is 8.54. The summed E-state index contributed by atoms with van der Waals surface area (Å²) in [6, 6.07) is 55.9. The summed E-state index contributed by atoms with van der Waals surface area (Å²) in [5, 5.41) is 4.81. The first-order valence-corrected chi connectivity index (χ1v) is 14.6. The third-order valence-corrected chi connectivity index (χ3v) is 8.54. The Kier molecular flexibility index (Phi) is 5.20. The molecule has 7 aromatic carbocycles. The number of rotatable bonds is 4. The number of hydrogen-bond donors (Lipinski definition) is 0. The molecule has 9 rings (SSSR count). The average molecular weight is 551 g/mol. The summed E-state index contributed by atoms with van der Waals surface area (Å²) in [7, 11) is 0. The third kappa shape index (κ3) is 3.68. The molecular formula is C40H26N2O. The first-order valence-electron chi connectivity index (χ1n) is 14.6. The van der Waals surface area contributed by atoms with Crippen molar-refractivity contribution < 1.29 is 4.74 Å². The number of ether oxygens (including phenoxy) is 1. The quantitative estimate of drug-likeness (QED) is 0.217. The van der Waals surface area contributed by atoms with Crippen molar-refractivity contribution in [1.82, 2.24) is 4.57 Å². The first kappa shape index (κ1) is 23.9. The maximum absolute atomic E-state index is 6.56. The molecule has 0 saturated carbocycles. The molecule has 8 aromatic rings. The predicted octanol–water partition coefficient (Wildman–Crippen LogP) is 11.2. The summed E-state index contributed by atoms with van der Waals surface area (Å²) < 4.78 is 8.92. The monoisotopic (exact) mass is 550 g/mol. The minimum absolute atomic E-state index is 0.867. The molecule has 0 saturated heterocycles. The zero-order valence-corrected chi connectivity index (χ0v) is 23.3. The van der Waals surface area contributed by atoms with Gasteiger partial charge in [-0.3, -0.25) is 0 Å². The molecule has 0 N–H and O–H groups in total. The molecule has 1 aliphatic rings. The van der Waals surface area contributed by atoms with Gasteiger partial charge < -0.3 is 14.2 Å². The van der Waals surface area contributed by atoms with E-state index in [0.717, 1.165) is 39.8 Å². The van der Waals surface area contributed by atoms with Gasteiger partial charge >= 0.3 is 0 Å². The van der Waals surface area contributed by atoms with Crippen LogP contribution in [0.2, 0.25) is 0 Å². The summed E-state index contributed by atoms with van der Waals surface area (Å²) >= 11 is 0. The summed E-state index contributed by atoms with van der Waals surface area (Å²) in [5.41, 5.74) is 9.08. The van der Waals surface area contributed by atoms with Gasteiger partial charge in [-0.2, -0.15) is 0 Å². The lowest BCUT2D eigenvalue weighted by molar-refractivity contribution is 0.487. The Balaban J connectivity index is 1.25. The smallest absolute Gasteiger partial charge is 0.137 e. The van der Waals surface area contributed by atoms with Gasteiger partial charge in [0.1, 0.15) is 11.5 Å². The molecule has 1 aromatic heterocycles. The topological polar surface area (TPSA) is 17.4 Å². The fourth-order valence-electron chi connectivity index (χ4n) is 6.67. The van der Waals surface area contributed by atoms with E-state index in [1.54, 1.807) is 0 Å². The van der Waals surface area contributed by atoms with Gasteiger partial charge in [0, 0.05) is 50.5 Å². The fourth-order valence-corrected chi connectivity index (χ4v) is 6.67. The highest BCUT2D eigenvalue weighted by Gasteiger charge is 2.23. The second kappa shape index (κ2) is 9.37. The highest BCUT2D eigenvalue weighted by atomic mass is 16.5. The molecule has 0 radical (unpaired) electrons. The summed E-state index contributed by atoms with van der Waals surface area (Å²) in [5.74, 6) is 1.77. The largest absolute Gasteiger partial charge is 0.456 e. The SMILES string of the molecule is c1ccc(N(c2ccc3c(c2)Oc2cccc4cccc-3c24)c2ccc3c(c2)c2ccccc2n3-c2ccccc2)cc1. The van der Waals surface area contributed by atoms with Crippen molar-refractivity contribution in [2.75, 3.05) is 4.90 Å². The van der Waals surface area contributed by atoms with Crippen molar-refractivity contribution >= 4 is 49.6 Å². The summed E-state index contributed by atoms with van der Waals surface area (Å²) in [6.45, 7) is 0. The number of para-hydroxylation sites is 3. The van der Waals surface area contributed by atoms with Crippen molar-refractivity contribution in [1.29, 1.82) is 0 Å². The van der Waals surface area contributed by atoms with Crippen molar-refractivity contribution in [3.05, 3.63) is 158 Å². The average Bonchev–Trinajstić information content (AvgIpc) is 3.40. The molecule has 3 nitrogen and oxygen atoms in total. The Morgan fingerprint density at radius 2 is 1.14 bits per heavy atom. The second-order valence-corrected chi connectivity index (χ2v) is 11.0. The van der Waals surface area contributed by atoms with Crippen molar-refractivity contribution in [2.24, 2.45) is 0 Å². The van der Waals surface area contributed by atoms with Crippen molar-refractivity contribution in [3.63, 3.8) is 0 Å². The maximum atomic E-state index is 6.56. The van der Waals surface area contributed by atoms with Crippen LogP contribution in [0, 0.1) is 0 Å². The van der Waals surface area contributed by atoms with Crippen LogP contribution in [-0.4, -0.2) is 4.57 Å². The van der Waals surface area contributed by atoms with E-state index in [1.807, 2.05) is 0 Å². The molecular weight excluding hydrogens is 524 g/mol. The van der Waals surface area contributed by atoms with Gasteiger partial charge in [-0.1, -0.05) is 84.9 Å². The van der Waals surface area contributed by atoms with Crippen LogP contribution in [0.15, 0.2) is 158 Å². The van der Waals surface area contributed by atoms with Crippen LogP contribution >= 0.6 is 0 Å². The Bertz CT molecular complexity index is 2310. The summed E-state index contributed by atoms with van der Waals surface area (Å²) in [4.78, 5) is 2.32. The molecule has 43 heavy (non-hydrogen) atoms. The van der Waals surface area contributed by atoms with E-state index >= 15 is 0 Å². The normalized spacial score (nSPS) is 11.9. The van der Waals surface area contributed by atoms with E-state index in [1.165, 1.54) is 38.1 Å². The van der Waals surface area contributed by atoms with Crippen molar-refractivity contribution in [3.8, 4) is 28.3 Å². The number of hydrogen-bond acceptors (Lipinski definition) is 2. The molecule has 1 aliphatic heterocycles. The van der Waals surface area contributed by atoms with Gasteiger partial charge in [0.15, 0.2) is 0 Å². The Labute approximate surface area is 249 Å². The zero-order valence-electron chi connectivity index (χ0n) is 23.3. The number of fused-ring (bicyclic) bond motifs is 5. The van der Waals surface area contributed by atoms with E-state index in [0.29, 0.717) is 0 Å².